The molecule has 1 atom stereocenters. The predicted molar refractivity (Wildman–Crippen MR) is 83.8 cm³/mol. The van der Waals surface area contributed by atoms with Gasteiger partial charge in [0.2, 0.25) is 0 Å². The second kappa shape index (κ2) is 7.81. The van der Waals surface area contributed by atoms with Crippen molar-refractivity contribution in [2.45, 2.75) is 25.9 Å². The largest absolute Gasteiger partial charge is 0.482 e. The number of nitrogens with one attached hydrogen (secondary N) is 1. The second-order valence-corrected chi connectivity index (χ2v) is 5.63. The Hall–Kier alpha value is -1.85. The summed E-state index contributed by atoms with van der Waals surface area (Å²) in [5.41, 5.74) is 0.966. The van der Waals surface area contributed by atoms with Gasteiger partial charge in [-0.3, -0.25) is 0 Å². The fourth-order valence-corrected chi connectivity index (χ4v) is 2.98. The summed E-state index contributed by atoms with van der Waals surface area (Å²) < 4.78 is 5.32. The molecule has 4 nitrogen and oxygen atoms in total. The highest BCUT2D eigenvalue weighted by Crippen LogP contribution is 2.24. The summed E-state index contributed by atoms with van der Waals surface area (Å²) in [5, 5.41) is 14.3. The molecule has 0 saturated heterocycles. The lowest BCUT2D eigenvalue weighted by Crippen LogP contribution is -2.20. The maximum absolute atomic E-state index is 10.6. The number of carboxylic acids is 1. The van der Waals surface area contributed by atoms with Gasteiger partial charge in [-0.05, 0) is 23.9 Å². The summed E-state index contributed by atoms with van der Waals surface area (Å²) in [5.74, 6) is -0.351. The third-order valence-corrected chi connectivity index (χ3v) is 4.14. The molecule has 21 heavy (non-hydrogen) atoms. The predicted octanol–water partition coefficient (Wildman–Crippen LogP) is 3.45. The minimum Gasteiger partial charge on any atom is -0.482 e. The van der Waals surface area contributed by atoms with Gasteiger partial charge >= 0.3 is 5.97 Å². The fourth-order valence-electron chi connectivity index (χ4n) is 2.10. The van der Waals surface area contributed by atoms with E-state index in [4.69, 9.17) is 9.84 Å². The molecule has 0 spiro atoms. The molecule has 0 aliphatic heterocycles. The third kappa shape index (κ3) is 4.58. The van der Waals surface area contributed by atoms with E-state index in [9.17, 15) is 4.79 Å². The van der Waals surface area contributed by atoms with Crippen molar-refractivity contribution >= 4 is 17.3 Å². The maximum atomic E-state index is 10.6. The van der Waals surface area contributed by atoms with Crippen molar-refractivity contribution in [2.75, 3.05) is 6.61 Å². The molecule has 1 aromatic carbocycles. The topological polar surface area (TPSA) is 58.6 Å². The summed E-state index contributed by atoms with van der Waals surface area (Å²) >= 11 is 1.74. The van der Waals surface area contributed by atoms with Gasteiger partial charge in [0.25, 0.3) is 0 Å². The highest BCUT2D eigenvalue weighted by Gasteiger charge is 2.11. The van der Waals surface area contributed by atoms with E-state index >= 15 is 0 Å². The SMILES string of the molecule is CCC(NCc1ccccc1OCC(=O)O)c1cccs1. The first-order valence-corrected chi connectivity index (χ1v) is 7.78. The number of ether oxygens (including phenoxy) is 1. The quantitative estimate of drug-likeness (QED) is 0.784. The van der Waals surface area contributed by atoms with E-state index in [1.165, 1.54) is 4.88 Å². The molecule has 0 aliphatic carbocycles. The smallest absolute Gasteiger partial charge is 0.341 e. The molecular weight excluding hydrogens is 286 g/mol. The van der Waals surface area contributed by atoms with Gasteiger partial charge in [-0.1, -0.05) is 31.2 Å². The number of thiophene rings is 1. The molecule has 0 saturated carbocycles. The van der Waals surface area contributed by atoms with Crippen LogP contribution in [-0.2, 0) is 11.3 Å². The van der Waals surface area contributed by atoms with Crippen LogP contribution in [0.15, 0.2) is 41.8 Å². The average molecular weight is 305 g/mol. The minimum atomic E-state index is -0.970. The van der Waals surface area contributed by atoms with E-state index in [1.54, 1.807) is 17.4 Å². The van der Waals surface area contributed by atoms with Crippen molar-refractivity contribution in [1.82, 2.24) is 5.32 Å². The Morgan fingerprint density at radius 2 is 2.14 bits per heavy atom. The zero-order chi connectivity index (χ0) is 15.1. The number of carbonyl (C=O) groups is 1. The molecule has 0 aliphatic rings. The molecule has 1 aromatic heterocycles. The molecule has 2 rings (SSSR count). The van der Waals surface area contributed by atoms with Crippen LogP contribution in [0.5, 0.6) is 5.75 Å². The molecule has 1 heterocycles. The minimum absolute atomic E-state index is 0.303. The van der Waals surface area contributed by atoms with Crippen LogP contribution in [0.2, 0.25) is 0 Å². The first kappa shape index (κ1) is 15.5. The number of aliphatic carboxylic acids is 1. The first-order valence-electron chi connectivity index (χ1n) is 6.90. The van der Waals surface area contributed by atoms with Gasteiger partial charge in [0, 0.05) is 23.0 Å². The van der Waals surface area contributed by atoms with Crippen LogP contribution in [0.3, 0.4) is 0 Å². The van der Waals surface area contributed by atoms with Gasteiger partial charge in [-0.15, -0.1) is 11.3 Å². The maximum Gasteiger partial charge on any atom is 0.341 e. The number of hydrogen-bond donors (Lipinski definition) is 2. The molecule has 112 valence electrons. The summed E-state index contributed by atoms with van der Waals surface area (Å²) in [6, 6.07) is 12.0. The van der Waals surface area contributed by atoms with Crippen LogP contribution in [0, 0.1) is 0 Å². The van der Waals surface area contributed by atoms with Crippen molar-refractivity contribution in [3.8, 4) is 5.75 Å². The number of carboxylic acid groups (broad SMARTS) is 1. The van der Waals surface area contributed by atoms with Crippen molar-refractivity contribution < 1.29 is 14.6 Å². The van der Waals surface area contributed by atoms with Gasteiger partial charge < -0.3 is 15.2 Å². The number of benzene rings is 1. The van der Waals surface area contributed by atoms with Crippen LogP contribution in [0.25, 0.3) is 0 Å². The molecule has 5 heteroatoms. The highest BCUT2D eigenvalue weighted by atomic mass is 32.1. The second-order valence-electron chi connectivity index (χ2n) is 4.65. The van der Waals surface area contributed by atoms with Gasteiger partial charge in [-0.25, -0.2) is 4.79 Å². The Morgan fingerprint density at radius 1 is 1.33 bits per heavy atom. The zero-order valence-electron chi connectivity index (χ0n) is 11.9. The summed E-state index contributed by atoms with van der Waals surface area (Å²) in [6.45, 7) is 2.47. The van der Waals surface area contributed by atoms with E-state index < -0.39 is 5.97 Å². The molecule has 2 aromatic rings. The van der Waals surface area contributed by atoms with Crippen LogP contribution in [-0.4, -0.2) is 17.7 Å². The average Bonchev–Trinajstić information content (AvgIpc) is 3.01. The van der Waals surface area contributed by atoms with Crippen molar-refractivity contribution in [3.05, 3.63) is 52.2 Å². The molecule has 0 amide bonds. The van der Waals surface area contributed by atoms with Crippen LogP contribution >= 0.6 is 11.3 Å². The Kier molecular flexibility index (Phi) is 5.78. The third-order valence-electron chi connectivity index (χ3n) is 3.16. The van der Waals surface area contributed by atoms with Crippen LogP contribution in [0.1, 0.15) is 29.8 Å². The molecule has 2 N–H and O–H groups in total. The number of para-hydroxylation sites is 1. The van der Waals surface area contributed by atoms with E-state index in [-0.39, 0.29) is 6.61 Å². The van der Waals surface area contributed by atoms with E-state index in [2.05, 4.69) is 23.7 Å². The molecule has 0 radical (unpaired) electrons. The first-order chi connectivity index (χ1) is 10.2. The summed E-state index contributed by atoms with van der Waals surface area (Å²) in [4.78, 5) is 11.9. The number of rotatable bonds is 8. The summed E-state index contributed by atoms with van der Waals surface area (Å²) in [7, 11) is 0. The van der Waals surface area contributed by atoms with Crippen LogP contribution < -0.4 is 10.1 Å². The summed E-state index contributed by atoms with van der Waals surface area (Å²) in [6.07, 6.45) is 0.999. The Labute approximate surface area is 128 Å². The Bertz CT molecular complexity index is 569. The zero-order valence-corrected chi connectivity index (χ0v) is 12.7. The molecular formula is C16H19NO3S. The van der Waals surface area contributed by atoms with Gasteiger partial charge in [0.1, 0.15) is 5.75 Å². The van der Waals surface area contributed by atoms with Crippen molar-refractivity contribution in [2.24, 2.45) is 0 Å². The highest BCUT2D eigenvalue weighted by molar-refractivity contribution is 7.10. The van der Waals surface area contributed by atoms with Gasteiger partial charge in [0.05, 0.1) is 0 Å². The lowest BCUT2D eigenvalue weighted by atomic mass is 10.1. The molecule has 0 bridgehead atoms. The molecule has 0 fully saturated rings. The monoisotopic (exact) mass is 305 g/mol. The van der Waals surface area contributed by atoms with Gasteiger partial charge in [-0.2, -0.15) is 0 Å². The van der Waals surface area contributed by atoms with E-state index in [1.807, 2.05) is 24.3 Å². The van der Waals surface area contributed by atoms with Crippen molar-refractivity contribution in [1.29, 1.82) is 0 Å². The van der Waals surface area contributed by atoms with E-state index in [0.717, 1.165) is 12.0 Å². The lowest BCUT2D eigenvalue weighted by molar-refractivity contribution is -0.139. The number of hydrogen-bond acceptors (Lipinski definition) is 4. The van der Waals surface area contributed by atoms with Gasteiger partial charge in [0.15, 0.2) is 6.61 Å². The standard InChI is InChI=1S/C16H19NO3S/c1-2-13(15-8-5-9-21-15)17-10-12-6-3-4-7-14(12)20-11-16(18)19/h3-9,13,17H,2,10-11H2,1H3,(H,18,19). The normalized spacial score (nSPS) is 12.0. The molecule has 1 unspecified atom stereocenters. The van der Waals surface area contributed by atoms with Crippen LogP contribution in [0.4, 0.5) is 0 Å². The Morgan fingerprint density at radius 3 is 2.81 bits per heavy atom. The Balaban J connectivity index is 2.00. The van der Waals surface area contributed by atoms with Crippen molar-refractivity contribution in [3.63, 3.8) is 0 Å². The lowest BCUT2D eigenvalue weighted by Gasteiger charge is -2.17. The van der Waals surface area contributed by atoms with E-state index in [0.29, 0.717) is 18.3 Å². The fraction of sp³-hybridized carbons (Fsp3) is 0.312.